The Morgan fingerprint density at radius 2 is 2.33 bits per heavy atom. The Kier molecular flexibility index (Phi) is 3.97. The first-order chi connectivity index (χ1) is 10.1. The van der Waals surface area contributed by atoms with Gasteiger partial charge in [0.25, 0.3) is 5.91 Å². The number of aryl methyl sites for hydroxylation is 1. The number of hydrogen-bond acceptors (Lipinski definition) is 4. The smallest absolute Gasteiger partial charge is 0.275 e. The van der Waals surface area contributed by atoms with E-state index in [1.54, 1.807) is 16.3 Å². The minimum absolute atomic E-state index is 0.258. The first-order valence-electron chi connectivity index (χ1n) is 6.01. The van der Waals surface area contributed by atoms with Crippen LogP contribution < -0.4 is 5.32 Å². The summed E-state index contributed by atoms with van der Waals surface area (Å²) in [5, 5.41) is 10.4. The second-order valence-electron chi connectivity index (χ2n) is 4.37. The molecule has 21 heavy (non-hydrogen) atoms. The van der Waals surface area contributed by atoms with Crippen LogP contribution in [-0.4, -0.2) is 20.7 Å². The van der Waals surface area contributed by atoms with Gasteiger partial charge in [-0.25, -0.2) is 4.98 Å². The third-order valence-corrected chi connectivity index (χ3v) is 4.70. The van der Waals surface area contributed by atoms with Crippen LogP contribution in [0, 0.1) is 0 Å². The fraction of sp³-hybridized carbons (Fsp3) is 0.154. The number of amides is 1. The number of carbonyl (C=O) groups excluding carboxylic acids is 1. The molecule has 0 fully saturated rings. The summed E-state index contributed by atoms with van der Waals surface area (Å²) in [5.74, 6) is 0.0488. The van der Waals surface area contributed by atoms with E-state index in [2.05, 4.69) is 31.3 Å². The lowest BCUT2D eigenvalue weighted by Crippen LogP contribution is -2.12. The van der Waals surface area contributed by atoms with E-state index in [1.807, 2.05) is 19.2 Å². The van der Waals surface area contributed by atoms with Crippen molar-refractivity contribution in [3.8, 4) is 0 Å². The summed E-state index contributed by atoms with van der Waals surface area (Å²) in [6.45, 7) is 0. The van der Waals surface area contributed by atoms with E-state index >= 15 is 0 Å². The van der Waals surface area contributed by atoms with Gasteiger partial charge in [0.2, 0.25) is 0 Å². The molecule has 1 amide bonds. The van der Waals surface area contributed by atoms with Crippen molar-refractivity contribution in [3.63, 3.8) is 0 Å². The molecule has 0 aliphatic carbocycles. The third-order valence-electron chi connectivity index (χ3n) is 2.98. The van der Waals surface area contributed by atoms with Gasteiger partial charge in [0.15, 0.2) is 0 Å². The number of hydrogen-bond donors (Lipinski definition) is 1. The molecule has 8 heteroatoms. The quantitative estimate of drug-likeness (QED) is 0.698. The summed E-state index contributed by atoms with van der Waals surface area (Å²) >= 11 is 10.5. The van der Waals surface area contributed by atoms with Crippen LogP contribution in [0.15, 0.2) is 28.2 Å². The molecule has 0 atom stereocenters. The van der Waals surface area contributed by atoms with Gasteiger partial charge in [-0.3, -0.25) is 9.48 Å². The number of benzene rings is 1. The molecule has 0 spiro atoms. The number of nitrogens with one attached hydrogen (secondary N) is 1. The average Bonchev–Trinajstić information content (AvgIpc) is 3.06. The fourth-order valence-electron chi connectivity index (χ4n) is 1.98. The molecule has 108 valence electrons. The molecule has 2 aromatic heterocycles. The topological polar surface area (TPSA) is 59.8 Å². The number of thiazole rings is 1. The van der Waals surface area contributed by atoms with Gasteiger partial charge < -0.3 is 5.32 Å². The summed E-state index contributed by atoms with van der Waals surface area (Å²) in [6.07, 6.45) is 1.72. The number of alkyl halides is 1. The molecular weight excluding hydrogens is 376 g/mol. The van der Waals surface area contributed by atoms with Crippen molar-refractivity contribution in [1.82, 2.24) is 14.8 Å². The van der Waals surface area contributed by atoms with E-state index in [0.717, 1.165) is 20.4 Å². The van der Waals surface area contributed by atoms with Gasteiger partial charge >= 0.3 is 0 Å². The molecule has 0 bridgehead atoms. The van der Waals surface area contributed by atoms with Gasteiger partial charge in [0.05, 0.1) is 23.3 Å². The average molecular weight is 386 g/mol. The van der Waals surface area contributed by atoms with Crippen molar-refractivity contribution in [2.24, 2.45) is 7.05 Å². The van der Waals surface area contributed by atoms with Gasteiger partial charge in [-0.15, -0.1) is 22.9 Å². The lowest BCUT2D eigenvalue weighted by molar-refractivity contribution is 0.102. The minimum atomic E-state index is -0.258. The maximum atomic E-state index is 12.3. The van der Waals surface area contributed by atoms with Gasteiger partial charge in [-0.2, -0.15) is 5.10 Å². The molecule has 0 aliphatic heterocycles. The Balaban J connectivity index is 1.95. The number of halogens is 2. The predicted molar refractivity (Wildman–Crippen MR) is 88.0 cm³/mol. The lowest BCUT2D eigenvalue weighted by atomic mass is 10.2. The minimum Gasteiger partial charge on any atom is -0.320 e. The first kappa shape index (κ1) is 14.5. The Hall–Kier alpha value is -1.44. The van der Waals surface area contributed by atoms with Crippen LogP contribution in [0.4, 0.5) is 5.69 Å². The van der Waals surface area contributed by atoms with Crippen LogP contribution >= 0.6 is 38.9 Å². The van der Waals surface area contributed by atoms with Crippen LogP contribution in [0.2, 0.25) is 0 Å². The second kappa shape index (κ2) is 5.75. The first-order valence-corrected chi connectivity index (χ1v) is 8.22. The van der Waals surface area contributed by atoms with Crippen molar-refractivity contribution < 1.29 is 4.79 Å². The fourth-order valence-corrected chi connectivity index (χ4v) is 3.30. The molecule has 0 aliphatic rings. The van der Waals surface area contributed by atoms with Crippen LogP contribution in [0.1, 0.15) is 15.5 Å². The molecule has 3 aromatic rings. The highest BCUT2D eigenvalue weighted by Crippen LogP contribution is 2.28. The van der Waals surface area contributed by atoms with E-state index in [1.165, 1.54) is 11.3 Å². The van der Waals surface area contributed by atoms with Crippen LogP contribution in [0.25, 0.3) is 10.9 Å². The van der Waals surface area contributed by atoms with Crippen molar-refractivity contribution >= 4 is 61.4 Å². The summed E-state index contributed by atoms with van der Waals surface area (Å²) in [7, 11) is 1.85. The highest BCUT2D eigenvalue weighted by atomic mass is 79.9. The standard InChI is InChI=1S/C13H10BrClN4OS/c1-19-11-3-7(14)2-9(8(11)5-16-19)18-13(20)10-6-21-12(4-15)17-10/h2-3,5-6H,4H2,1H3,(H,18,20). The monoisotopic (exact) mass is 384 g/mol. The second-order valence-corrected chi connectivity index (χ2v) is 6.49. The highest BCUT2D eigenvalue weighted by molar-refractivity contribution is 9.10. The number of carbonyl (C=O) groups is 1. The van der Waals surface area contributed by atoms with Crippen molar-refractivity contribution in [3.05, 3.63) is 38.9 Å². The zero-order chi connectivity index (χ0) is 15.0. The molecule has 1 aromatic carbocycles. The molecule has 1 N–H and O–H groups in total. The van der Waals surface area contributed by atoms with E-state index in [9.17, 15) is 4.79 Å². The van der Waals surface area contributed by atoms with Crippen LogP contribution in [-0.2, 0) is 12.9 Å². The van der Waals surface area contributed by atoms with Crippen molar-refractivity contribution in [1.29, 1.82) is 0 Å². The molecule has 2 heterocycles. The largest absolute Gasteiger partial charge is 0.320 e. The number of anilines is 1. The van der Waals surface area contributed by atoms with Gasteiger partial charge in [0.1, 0.15) is 10.7 Å². The summed E-state index contributed by atoms with van der Waals surface area (Å²) in [5.41, 5.74) is 1.99. The zero-order valence-electron chi connectivity index (χ0n) is 10.9. The van der Waals surface area contributed by atoms with E-state index < -0.39 is 0 Å². The molecular formula is C13H10BrClN4OS. The normalized spacial score (nSPS) is 11.0. The molecule has 0 radical (unpaired) electrons. The maximum absolute atomic E-state index is 12.3. The van der Waals surface area contributed by atoms with E-state index in [0.29, 0.717) is 17.3 Å². The number of fused-ring (bicyclic) bond motifs is 1. The van der Waals surface area contributed by atoms with Crippen molar-refractivity contribution in [2.45, 2.75) is 5.88 Å². The summed E-state index contributed by atoms with van der Waals surface area (Å²) in [4.78, 5) is 16.4. The van der Waals surface area contributed by atoms with Crippen LogP contribution in [0.5, 0.6) is 0 Å². The maximum Gasteiger partial charge on any atom is 0.275 e. The molecule has 3 rings (SSSR count). The van der Waals surface area contributed by atoms with Gasteiger partial charge in [-0.1, -0.05) is 15.9 Å². The lowest BCUT2D eigenvalue weighted by Gasteiger charge is -2.06. The Labute approximate surface area is 138 Å². The van der Waals surface area contributed by atoms with Crippen LogP contribution in [0.3, 0.4) is 0 Å². The Morgan fingerprint density at radius 1 is 1.52 bits per heavy atom. The summed E-state index contributed by atoms with van der Waals surface area (Å²) in [6, 6.07) is 3.79. The summed E-state index contributed by atoms with van der Waals surface area (Å²) < 4.78 is 2.62. The number of nitrogens with zero attached hydrogens (tertiary/aromatic N) is 3. The van der Waals surface area contributed by atoms with E-state index in [4.69, 9.17) is 11.6 Å². The highest BCUT2D eigenvalue weighted by Gasteiger charge is 2.14. The molecule has 0 saturated carbocycles. The molecule has 5 nitrogen and oxygen atoms in total. The molecule has 0 unspecified atom stereocenters. The molecule has 0 saturated heterocycles. The van der Waals surface area contributed by atoms with E-state index in [-0.39, 0.29) is 5.91 Å². The zero-order valence-corrected chi connectivity index (χ0v) is 14.1. The predicted octanol–water partition coefficient (Wildman–Crippen LogP) is 3.78. The van der Waals surface area contributed by atoms with Gasteiger partial charge in [-0.05, 0) is 12.1 Å². The third kappa shape index (κ3) is 2.81. The SMILES string of the molecule is Cn1ncc2c(NC(=O)c3csc(CCl)n3)cc(Br)cc21. The number of rotatable bonds is 3. The Bertz CT molecular complexity index is 829. The van der Waals surface area contributed by atoms with Gasteiger partial charge in [0, 0.05) is 22.3 Å². The van der Waals surface area contributed by atoms with Crippen molar-refractivity contribution in [2.75, 3.05) is 5.32 Å². The Morgan fingerprint density at radius 3 is 3.05 bits per heavy atom. The number of aromatic nitrogens is 3.